The van der Waals surface area contributed by atoms with Crippen LogP contribution in [0.1, 0.15) is 0 Å². The summed E-state index contributed by atoms with van der Waals surface area (Å²) in [6, 6.07) is 29.6. The van der Waals surface area contributed by atoms with Crippen molar-refractivity contribution in [2.45, 2.75) is 0 Å². The third-order valence-corrected chi connectivity index (χ3v) is 5.48. The molecule has 6 rings (SSSR count). The van der Waals surface area contributed by atoms with Crippen LogP contribution in [0.25, 0.3) is 56.1 Å². The van der Waals surface area contributed by atoms with Crippen molar-refractivity contribution in [2.24, 2.45) is 0 Å². The minimum absolute atomic E-state index is 0.123. The number of para-hydroxylation sites is 1. The number of fused-ring (bicyclic) bond motifs is 2. The predicted molar refractivity (Wildman–Crippen MR) is 126 cm³/mol. The molecule has 32 heavy (non-hydrogen) atoms. The first-order valence-electron chi connectivity index (χ1n) is 10.1. The Morgan fingerprint density at radius 2 is 1.28 bits per heavy atom. The molecule has 5 nitrogen and oxygen atoms in total. The van der Waals surface area contributed by atoms with E-state index in [1.54, 1.807) is 0 Å². The molecule has 6 heteroatoms. The van der Waals surface area contributed by atoms with Gasteiger partial charge in [-0.25, -0.2) is 9.97 Å². The van der Waals surface area contributed by atoms with E-state index in [1.165, 1.54) is 0 Å². The zero-order chi connectivity index (χ0) is 21.5. The SMILES string of the molecule is Clc1nc(-c2cccc3ccccc23)nc(-c2cccc3nc(-c4ccccc4)oc23)n1. The molecule has 0 fully saturated rings. The molecule has 0 radical (unpaired) electrons. The van der Waals surface area contributed by atoms with Gasteiger partial charge in [-0.3, -0.25) is 0 Å². The van der Waals surface area contributed by atoms with Crippen LogP contribution in [-0.2, 0) is 0 Å². The van der Waals surface area contributed by atoms with Crippen LogP contribution < -0.4 is 0 Å². The van der Waals surface area contributed by atoms with E-state index in [0.29, 0.717) is 28.7 Å². The summed E-state index contributed by atoms with van der Waals surface area (Å²) in [4.78, 5) is 18.2. The van der Waals surface area contributed by atoms with E-state index in [1.807, 2.05) is 78.9 Å². The second-order valence-electron chi connectivity index (χ2n) is 7.32. The quantitative estimate of drug-likeness (QED) is 0.305. The number of halogens is 1. The zero-order valence-corrected chi connectivity index (χ0v) is 17.5. The Kier molecular flexibility index (Phi) is 4.40. The molecule has 0 unspecified atom stereocenters. The molecule has 2 heterocycles. The van der Waals surface area contributed by atoms with E-state index in [0.717, 1.165) is 27.4 Å². The number of aromatic nitrogens is 4. The zero-order valence-electron chi connectivity index (χ0n) is 16.7. The first-order valence-corrected chi connectivity index (χ1v) is 10.5. The molecule has 0 N–H and O–H groups in total. The molecule has 152 valence electrons. The smallest absolute Gasteiger partial charge is 0.227 e. The lowest BCUT2D eigenvalue weighted by molar-refractivity contribution is 0.620. The fraction of sp³-hybridized carbons (Fsp3) is 0. The molecule has 0 bridgehead atoms. The molecule has 0 saturated heterocycles. The predicted octanol–water partition coefficient (Wildman–Crippen LogP) is 6.82. The lowest BCUT2D eigenvalue weighted by Crippen LogP contribution is -1.98. The van der Waals surface area contributed by atoms with Crippen LogP contribution in [0, 0.1) is 0 Å². The van der Waals surface area contributed by atoms with Gasteiger partial charge in [0.1, 0.15) is 5.52 Å². The van der Waals surface area contributed by atoms with E-state index in [-0.39, 0.29) is 5.28 Å². The lowest BCUT2D eigenvalue weighted by Gasteiger charge is -2.08. The van der Waals surface area contributed by atoms with Gasteiger partial charge in [-0.05, 0) is 46.6 Å². The summed E-state index contributed by atoms with van der Waals surface area (Å²) < 4.78 is 6.14. The molecule has 0 aliphatic heterocycles. The third kappa shape index (κ3) is 3.20. The van der Waals surface area contributed by atoms with Crippen molar-refractivity contribution in [3.63, 3.8) is 0 Å². The summed E-state index contributed by atoms with van der Waals surface area (Å²) in [5.41, 5.74) is 3.84. The summed E-state index contributed by atoms with van der Waals surface area (Å²) in [6.07, 6.45) is 0. The van der Waals surface area contributed by atoms with Crippen molar-refractivity contribution in [1.82, 2.24) is 19.9 Å². The monoisotopic (exact) mass is 434 g/mol. The number of benzene rings is 4. The van der Waals surface area contributed by atoms with Crippen LogP contribution in [0.5, 0.6) is 0 Å². The van der Waals surface area contributed by atoms with Gasteiger partial charge in [-0.15, -0.1) is 0 Å². The number of rotatable bonds is 3. The Balaban J connectivity index is 1.54. The Labute approximate surface area is 188 Å². The maximum Gasteiger partial charge on any atom is 0.227 e. The Bertz CT molecular complexity index is 1590. The topological polar surface area (TPSA) is 64.7 Å². The summed E-state index contributed by atoms with van der Waals surface area (Å²) in [5.74, 6) is 1.49. The molecule has 0 aliphatic carbocycles. The van der Waals surface area contributed by atoms with Crippen LogP contribution in [0.2, 0.25) is 5.28 Å². The van der Waals surface area contributed by atoms with Gasteiger partial charge < -0.3 is 4.42 Å². The third-order valence-electron chi connectivity index (χ3n) is 5.32. The highest BCUT2D eigenvalue weighted by molar-refractivity contribution is 6.28. The molecular weight excluding hydrogens is 420 g/mol. The first-order chi connectivity index (χ1) is 15.8. The largest absolute Gasteiger partial charge is 0.435 e. The van der Waals surface area contributed by atoms with Crippen molar-refractivity contribution in [3.05, 3.63) is 96.3 Å². The van der Waals surface area contributed by atoms with Crippen LogP contribution in [-0.4, -0.2) is 19.9 Å². The lowest BCUT2D eigenvalue weighted by atomic mass is 10.0. The van der Waals surface area contributed by atoms with Crippen LogP contribution >= 0.6 is 11.6 Å². The molecule has 2 aromatic heterocycles. The molecular formula is C26H15ClN4O. The van der Waals surface area contributed by atoms with Crippen molar-refractivity contribution < 1.29 is 4.42 Å². The summed E-state index contributed by atoms with van der Waals surface area (Å²) in [7, 11) is 0. The summed E-state index contributed by atoms with van der Waals surface area (Å²) in [6.45, 7) is 0. The van der Waals surface area contributed by atoms with Crippen LogP contribution in [0.15, 0.2) is 95.4 Å². The van der Waals surface area contributed by atoms with Crippen LogP contribution in [0.4, 0.5) is 0 Å². The van der Waals surface area contributed by atoms with Crippen molar-refractivity contribution in [3.8, 4) is 34.2 Å². The minimum Gasteiger partial charge on any atom is -0.435 e. The van der Waals surface area contributed by atoms with E-state index in [4.69, 9.17) is 21.0 Å². The molecule has 0 atom stereocenters. The maximum atomic E-state index is 6.34. The van der Waals surface area contributed by atoms with E-state index >= 15 is 0 Å². The fourth-order valence-corrected chi connectivity index (χ4v) is 4.00. The van der Waals surface area contributed by atoms with E-state index in [9.17, 15) is 0 Å². The van der Waals surface area contributed by atoms with Gasteiger partial charge in [-0.2, -0.15) is 9.97 Å². The van der Waals surface area contributed by atoms with Gasteiger partial charge in [0.2, 0.25) is 11.2 Å². The average molecular weight is 435 g/mol. The van der Waals surface area contributed by atoms with E-state index in [2.05, 4.69) is 27.1 Å². The van der Waals surface area contributed by atoms with Crippen molar-refractivity contribution in [1.29, 1.82) is 0 Å². The van der Waals surface area contributed by atoms with Gasteiger partial charge in [0, 0.05) is 11.1 Å². The molecule has 0 aliphatic rings. The molecule has 0 saturated carbocycles. The van der Waals surface area contributed by atoms with Crippen molar-refractivity contribution >= 4 is 33.5 Å². The average Bonchev–Trinajstić information content (AvgIpc) is 3.28. The van der Waals surface area contributed by atoms with Crippen molar-refractivity contribution in [2.75, 3.05) is 0 Å². The fourth-order valence-electron chi connectivity index (χ4n) is 3.84. The molecule has 6 aromatic rings. The number of hydrogen-bond acceptors (Lipinski definition) is 5. The minimum atomic E-state index is 0.123. The highest BCUT2D eigenvalue weighted by Gasteiger charge is 2.17. The Morgan fingerprint density at radius 1 is 0.594 bits per heavy atom. The standard InChI is InChI=1S/C26H15ClN4O/c27-26-30-23(19-13-6-11-16-8-4-5-12-18(16)19)29-24(31-26)20-14-7-15-21-22(20)32-25(28-21)17-9-2-1-3-10-17/h1-15H. The van der Waals surface area contributed by atoms with Gasteiger partial charge in [-0.1, -0.05) is 66.7 Å². The van der Waals surface area contributed by atoms with E-state index < -0.39 is 0 Å². The maximum absolute atomic E-state index is 6.34. The second kappa shape index (κ2) is 7.55. The molecule has 0 amide bonds. The van der Waals surface area contributed by atoms with Gasteiger partial charge in [0.15, 0.2) is 17.2 Å². The molecule has 4 aromatic carbocycles. The summed E-state index contributed by atoms with van der Waals surface area (Å²) in [5, 5.41) is 2.28. The Morgan fingerprint density at radius 3 is 2.16 bits per heavy atom. The first kappa shape index (κ1) is 18.7. The second-order valence-corrected chi connectivity index (χ2v) is 7.66. The van der Waals surface area contributed by atoms with Gasteiger partial charge in [0.05, 0.1) is 5.56 Å². The van der Waals surface area contributed by atoms with Crippen LogP contribution in [0.3, 0.4) is 0 Å². The number of hydrogen-bond donors (Lipinski definition) is 0. The highest BCUT2D eigenvalue weighted by atomic mass is 35.5. The molecule has 0 spiro atoms. The number of oxazole rings is 1. The van der Waals surface area contributed by atoms with Gasteiger partial charge in [0.25, 0.3) is 0 Å². The van der Waals surface area contributed by atoms with Gasteiger partial charge >= 0.3 is 0 Å². The summed E-state index contributed by atoms with van der Waals surface area (Å²) >= 11 is 6.34. The normalized spacial score (nSPS) is 11.3. The number of nitrogens with zero attached hydrogens (tertiary/aromatic N) is 4. The highest BCUT2D eigenvalue weighted by Crippen LogP contribution is 2.33. The Hall–Kier alpha value is -4.09.